The first kappa shape index (κ1) is 24.2. The van der Waals surface area contributed by atoms with Gasteiger partial charge in [-0.2, -0.15) is 4.31 Å². The van der Waals surface area contributed by atoms with Gasteiger partial charge in [-0.25, -0.2) is 8.42 Å². The highest BCUT2D eigenvalue weighted by Crippen LogP contribution is 2.43. The number of aliphatic hydroxyl groups excluding tert-OH is 1. The van der Waals surface area contributed by atoms with E-state index in [1.165, 1.54) is 11.1 Å². The molecule has 184 valence electrons. The third-order valence-electron chi connectivity index (χ3n) is 7.64. The smallest absolute Gasteiger partial charge is 0.243 e. The quantitative estimate of drug-likeness (QED) is 0.569. The summed E-state index contributed by atoms with van der Waals surface area (Å²) in [6.07, 6.45) is 1.74. The molecular formula is C29H34N2O3S. The zero-order valence-corrected chi connectivity index (χ0v) is 21.3. The summed E-state index contributed by atoms with van der Waals surface area (Å²) in [5.41, 5.74) is 5.68. The Morgan fingerprint density at radius 2 is 1.51 bits per heavy atom. The van der Waals surface area contributed by atoms with Gasteiger partial charge in [0.1, 0.15) is 0 Å². The van der Waals surface area contributed by atoms with Gasteiger partial charge in [-0.15, -0.1) is 0 Å². The maximum atomic E-state index is 13.6. The number of aryl methyl sites for hydroxylation is 2. The summed E-state index contributed by atoms with van der Waals surface area (Å²) in [7, 11) is -3.58. The summed E-state index contributed by atoms with van der Waals surface area (Å²) < 4.78 is 28.8. The van der Waals surface area contributed by atoms with E-state index in [-0.39, 0.29) is 24.6 Å². The number of hydrogen-bond donors (Lipinski definition) is 1. The van der Waals surface area contributed by atoms with E-state index in [4.69, 9.17) is 0 Å². The number of aliphatic hydroxyl groups is 1. The molecule has 0 spiro atoms. The number of rotatable bonds is 5. The van der Waals surface area contributed by atoms with Gasteiger partial charge in [0.15, 0.2) is 0 Å². The van der Waals surface area contributed by atoms with Crippen molar-refractivity contribution in [2.24, 2.45) is 0 Å². The van der Waals surface area contributed by atoms with Gasteiger partial charge in [-0.1, -0.05) is 66.2 Å². The fourth-order valence-electron chi connectivity index (χ4n) is 5.70. The summed E-state index contributed by atoms with van der Waals surface area (Å²) in [5.74, 6) is 0.0976. The monoisotopic (exact) mass is 490 g/mol. The summed E-state index contributed by atoms with van der Waals surface area (Å²) in [6, 6.07) is 24.3. The molecule has 2 saturated heterocycles. The zero-order chi connectivity index (χ0) is 24.6. The molecule has 0 saturated carbocycles. The van der Waals surface area contributed by atoms with E-state index in [1.807, 2.05) is 19.1 Å². The molecule has 0 amide bonds. The molecule has 0 bridgehead atoms. The van der Waals surface area contributed by atoms with Gasteiger partial charge in [-0.3, -0.25) is 4.90 Å². The second-order valence-electron chi connectivity index (χ2n) is 9.96. The molecule has 2 aliphatic rings. The lowest BCUT2D eigenvalue weighted by molar-refractivity contribution is -0.0553. The van der Waals surface area contributed by atoms with Crippen molar-refractivity contribution in [2.75, 3.05) is 26.2 Å². The highest BCUT2D eigenvalue weighted by atomic mass is 32.2. The summed E-state index contributed by atoms with van der Waals surface area (Å²) in [4.78, 5) is 2.68. The van der Waals surface area contributed by atoms with E-state index in [0.29, 0.717) is 18.0 Å². The Balaban J connectivity index is 1.42. The predicted octanol–water partition coefficient (Wildman–Crippen LogP) is 4.58. The molecule has 2 aliphatic heterocycles. The van der Waals surface area contributed by atoms with Gasteiger partial charge in [0, 0.05) is 31.1 Å². The average Bonchev–Trinajstić information content (AvgIpc) is 2.84. The van der Waals surface area contributed by atoms with Crippen molar-refractivity contribution in [1.82, 2.24) is 9.21 Å². The number of benzene rings is 3. The van der Waals surface area contributed by atoms with Crippen LogP contribution in [0.4, 0.5) is 0 Å². The van der Waals surface area contributed by atoms with Crippen molar-refractivity contribution >= 4 is 10.0 Å². The van der Waals surface area contributed by atoms with Crippen LogP contribution in [0.5, 0.6) is 0 Å². The van der Waals surface area contributed by atoms with Crippen molar-refractivity contribution in [3.8, 4) is 11.1 Å². The van der Waals surface area contributed by atoms with Gasteiger partial charge >= 0.3 is 0 Å². The predicted molar refractivity (Wildman–Crippen MR) is 140 cm³/mol. The summed E-state index contributed by atoms with van der Waals surface area (Å²) in [5, 5.41) is 10.2. The topological polar surface area (TPSA) is 60.9 Å². The van der Waals surface area contributed by atoms with E-state index in [9.17, 15) is 13.5 Å². The minimum absolute atomic E-state index is 0.0202. The first-order chi connectivity index (χ1) is 16.9. The number of nitrogens with zero attached hydrogens (tertiary/aromatic N) is 2. The second kappa shape index (κ2) is 9.86. The third-order valence-corrected chi connectivity index (χ3v) is 9.50. The first-order valence-corrected chi connectivity index (χ1v) is 13.9. The molecule has 3 atom stereocenters. The fourth-order valence-corrected chi connectivity index (χ4v) is 7.30. The molecule has 0 unspecified atom stereocenters. The largest absolute Gasteiger partial charge is 0.395 e. The van der Waals surface area contributed by atoms with Crippen LogP contribution in [0.25, 0.3) is 11.1 Å². The second-order valence-corrected chi connectivity index (χ2v) is 11.9. The van der Waals surface area contributed by atoms with Gasteiger partial charge < -0.3 is 5.11 Å². The van der Waals surface area contributed by atoms with Crippen LogP contribution in [-0.2, 0) is 10.0 Å². The summed E-state index contributed by atoms with van der Waals surface area (Å²) >= 11 is 0. The van der Waals surface area contributed by atoms with Crippen molar-refractivity contribution < 1.29 is 13.5 Å². The number of fused-ring (bicyclic) bond motifs is 1. The van der Waals surface area contributed by atoms with Crippen LogP contribution in [0.15, 0.2) is 77.7 Å². The third kappa shape index (κ3) is 4.68. The normalized spacial score (nSPS) is 23.7. The van der Waals surface area contributed by atoms with E-state index in [1.54, 1.807) is 16.4 Å². The molecular weight excluding hydrogens is 456 g/mol. The van der Waals surface area contributed by atoms with Gasteiger partial charge in [-0.05, 0) is 67.6 Å². The molecule has 0 aromatic heterocycles. The Labute approximate surface area is 209 Å². The summed E-state index contributed by atoms with van der Waals surface area (Å²) in [6.45, 7) is 5.95. The van der Waals surface area contributed by atoms with Crippen LogP contribution in [0, 0.1) is 13.8 Å². The van der Waals surface area contributed by atoms with Gasteiger partial charge in [0.05, 0.1) is 11.5 Å². The van der Waals surface area contributed by atoms with Crippen LogP contribution in [0.3, 0.4) is 0 Å². The Morgan fingerprint density at radius 1 is 0.857 bits per heavy atom. The molecule has 2 heterocycles. The lowest BCUT2D eigenvalue weighted by atomic mass is 9.74. The van der Waals surface area contributed by atoms with E-state index >= 15 is 0 Å². The molecule has 1 N–H and O–H groups in total. The van der Waals surface area contributed by atoms with Crippen LogP contribution in [-0.4, -0.2) is 61.1 Å². The maximum absolute atomic E-state index is 13.6. The van der Waals surface area contributed by atoms with Crippen LogP contribution < -0.4 is 0 Å². The Bertz CT molecular complexity index is 1270. The Morgan fingerprint density at radius 3 is 2.17 bits per heavy atom. The SMILES string of the molecule is Cc1ccc(-c2ccc([C@@H]3[C@@H](CO)N4CCCCN(S(=O)(=O)c5cccc(C)c5)C[C@H]34)cc2)cc1. The number of sulfonamides is 1. The lowest BCUT2D eigenvalue weighted by Gasteiger charge is -2.57. The first-order valence-electron chi connectivity index (χ1n) is 12.5. The fraction of sp³-hybridized carbons (Fsp3) is 0.379. The average molecular weight is 491 g/mol. The van der Waals surface area contributed by atoms with Gasteiger partial charge in [0.2, 0.25) is 10.0 Å². The molecule has 6 heteroatoms. The highest BCUT2D eigenvalue weighted by Gasteiger charge is 2.50. The maximum Gasteiger partial charge on any atom is 0.243 e. The van der Waals surface area contributed by atoms with Crippen molar-refractivity contribution in [1.29, 1.82) is 0 Å². The van der Waals surface area contributed by atoms with Crippen molar-refractivity contribution in [3.63, 3.8) is 0 Å². The molecule has 0 radical (unpaired) electrons. The van der Waals surface area contributed by atoms with Crippen LogP contribution >= 0.6 is 0 Å². The molecule has 2 fully saturated rings. The molecule has 35 heavy (non-hydrogen) atoms. The number of hydrogen-bond acceptors (Lipinski definition) is 4. The Kier molecular flexibility index (Phi) is 6.82. The molecule has 3 aromatic carbocycles. The van der Waals surface area contributed by atoms with Crippen molar-refractivity contribution in [2.45, 2.75) is 49.6 Å². The van der Waals surface area contributed by atoms with E-state index in [0.717, 1.165) is 36.1 Å². The van der Waals surface area contributed by atoms with Crippen LogP contribution in [0.1, 0.15) is 35.4 Å². The van der Waals surface area contributed by atoms with Gasteiger partial charge in [0.25, 0.3) is 0 Å². The highest BCUT2D eigenvalue weighted by molar-refractivity contribution is 7.89. The van der Waals surface area contributed by atoms with E-state index < -0.39 is 10.0 Å². The van der Waals surface area contributed by atoms with E-state index in [2.05, 4.69) is 60.4 Å². The lowest BCUT2D eigenvalue weighted by Crippen LogP contribution is -2.67. The molecule has 3 aromatic rings. The minimum atomic E-state index is -3.58. The van der Waals surface area contributed by atoms with Crippen molar-refractivity contribution in [3.05, 3.63) is 89.5 Å². The Hall–Kier alpha value is -2.51. The molecule has 0 aliphatic carbocycles. The van der Waals surface area contributed by atoms with Crippen LogP contribution in [0.2, 0.25) is 0 Å². The minimum Gasteiger partial charge on any atom is -0.395 e. The molecule has 5 rings (SSSR count). The standard InChI is InChI=1S/C29H34N2O3S/c1-21-8-10-23(11-9-21)24-12-14-25(15-13-24)29-27-19-30(16-3-4-17-31(27)28(29)20-32)35(33,34)26-7-5-6-22(2)18-26/h5-15,18,27-29,32H,3-4,16-17,19-20H2,1-2H3/t27-,28-,29+/m1/s1. The molecule has 5 nitrogen and oxygen atoms in total. The zero-order valence-electron chi connectivity index (χ0n) is 20.5.